The third-order valence-electron chi connectivity index (χ3n) is 1.97. The van der Waals surface area contributed by atoms with Crippen molar-refractivity contribution in [2.75, 3.05) is 11.9 Å². The minimum absolute atomic E-state index is 0.292. The van der Waals surface area contributed by atoms with Crippen LogP contribution in [0.15, 0.2) is 16.6 Å². The van der Waals surface area contributed by atoms with Crippen LogP contribution in [0.1, 0.15) is 13.8 Å². The summed E-state index contributed by atoms with van der Waals surface area (Å²) in [5, 5.41) is 3.17. The van der Waals surface area contributed by atoms with E-state index in [0.29, 0.717) is 27.5 Å². The predicted octanol–water partition coefficient (Wildman–Crippen LogP) is 2.79. The van der Waals surface area contributed by atoms with Crippen molar-refractivity contribution in [2.45, 2.75) is 19.9 Å². The number of ether oxygens (including phenoxy) is 1. The Morgan fingerprint density at radius 1 is 1.65 bits per heavy atom. The van der Waals surface area contributed by atoms with E-state index < -0.39 is 6.04 Å². The molecule has 4 nitrogen and oxygen atoms in total. The van der Waals surface area contributed by atoms with E-state index >= 15 is 0 Å². The Morgan fingerprint density at radius 3 is 2.82 bits per heavy atom. The topological polar surface area (TPSA) is 64.3 Å². The van der Waals surface area contributed by atoms with Gasteiger partial charge in [0.2, 0.25) is 5.91 Å². The van der Waals surface area contributed by atoms with Gasteiger partial charge in [-0.1, -0.05) is 11.6 Å². The van der Waals surface area contributed by atoms with Gasteiger partial charge in [-0.3, -0.25) is 4.79 Å². The Bertz CT molecular complexity index is 424. The van der Waals surface area contributed by atoms with E-state index in [1.807, 2.05) is 6.92 Å². The molecule has 0 aliphatic heterocycles. The molecule has 1 unspecified atom stereocenters. The average Bonchev–Trinajstić information content (AvgIpc) is 2.22. The normalized spacial score (nSPS) is 12.1. The van der Waals surface area contributed by atoms with Gasteiger partial charge in [-0.2, -0.15) is 0 Å². The molecule has 1 atom stereocenters. The molecular formula is C11H14BrClN2O2. The van der Waals surface area contributed by atoms with Crippen LogP contribution >= 0.6 is 27.5 Å². The Labute approximate surface area is 114 Å². The van der Waals surface area contributed by atoms with Gasteiger partial charge in [0.25, 0.3) is 0 Å². The summed E-state index contributed by atoms with van der Waals surface area (Å²) in [5.41, 5.74) is 5.99. The van der Waals surface area contributed by atoms with Crippen molar-refractivity contribution in [1.82, 2.24) is 0 Å². The Kier molecular flexibility index (Phi) is 5.24. The van der Waals surface area contributed by atoms with Crippen LogP contribution in [0, 0.1) is 0 Å². The third-order valence-corrected chi connectivity index (χ3v) is 2.78. The monoisotopic (exact) mass is 320 g/mol. The lowest BCUT2D eigenvalue weighted by Crippen LogP contribution is -2.32. The fourth-order valence-corrected chi connectivity index (χ4v) is 2.12. The number of nitrogens with two attached hydrogens (primary N) is 1. The average molecular weight is 322 g/mol. The fourth-order valence-electron chi connectivity index (χ4n) is 1.19. The SMILES string of the molecule is CCOc1c(Br)cc(Cl)cc1NC(=O)C(C)N. The summed E-state index contributed by atoms with van der Waals surface area (Å²) < 4.78 is 6.13. The lowest BCUT2D eigenvalue weighted by molar-refractivity contribution is -0.117. The Balaban J connectivity index is 3.07. The number of rotatable bonds is 4. The van der Waals surface area contributed by atoms with E-state index in [-0.39, 0.29) is 5.91 Å². The van der Waals surface area contributed by atoms with Gasteiger partial charge >= 0.3 is 0 Å². The molecule has 3 N–H and O–H groups in total. The lowest BCUT2D eigenvalue weighted by atomic mass is 10.2. The van der Waals surface area contributed by atoms with Crippen molar-refractivity contribution < 1.29 is 9.53 Å². The first-order chi connectivity index (χ1) is 7.95. The van der Waals surface area contributed by atoms with Gasteiger partial charge < -0.3 is 15.8 Å². The molecule has 0 aliphatic carbocycles. The van der Waals surface area contributed by atoms with Gasteiger partial charge in [0.15, 0.2) is 5.75 Å². The lowest BCUT2D eigenvalue weighted by Gasteiger charge is -2.14. The van der Waals surface area contributed by atoms with Gasteiger partial charge in [-0.05, 0) is 41.9 Å². The number of carbonyl (C=O) groups excluding carboxylic acids is 1. The summed E-state index contributed by atoms with van der Waals surface area (Å²) in [6.45, 7) is 3.95. The molecule has 1 rings (SSSR count). The van der Waals surface area contributed by atoms with Crippen LogP contribution in [0.2, 0.25) is 5.02 Å². The van der Waals surface area contributed by atoms with Gasteiger partial charge in [0, 0.05) is 5.02 Å². The van der Waals surface area contributed by atoms with Crippen molar-refractivity contribution in [3.63, 3.8) is 0 Å². The molecule has 1 aromatic rings. The van der Waals surface area contributed by atoms with Crippen LogP contribution < -0.4 is 15.8 Å². The van der Waals surface area contributed by atoms with Crippen molar-refractivity contribution in [2.24, 2.45) is 5.73 Å². The van der Waals surface area contributed by atoms with Crippen LogP contribution in [0.5, 0.6) is 5.75 Å². The highest BCUT2D eigenvalue weighted by molar-refractivity contribution is 9.10. The molecule has 0 spiro atoms. The minimum Gasteiger partial charge on any atom is -0.491 e. The first-order valence-corrected chi connectivity index (χ1v) is 6.31. The second-order valence-electron chi connectivity index (χ2n) is 3.48. The highest BCUT2D eigenvalue weighted by Gasteiger charge is 2.14. The highest BCUT2D eigenvalue weighted by atomic mass is 79.9. The van der Waals surface area contributed by atoms with Crippen LogP contribution in [0.3, 0.4) is 0 Å². The summed E-state index contributed by atoms with van der Waals surface area (Å²) in [7, 11) is 0. The van der Waals surface area contributed by atoms with Crippen LogP contribution in [0.25, 0.3) is 0 Å². The smallest absolute Gasteiger partial charge is 0.241 e. The van der Waals surface area contributed by atoms with Crippen LogP contribution in [-0.4, -0.2) is 18.6 Å². The second-order valence-corrected chi connectivity index (χ2v) is 4.77. The number of anilines is 1. The number of amides is 1. The largest absolute Gasteiger partial charge is 0.491 e. The van der Waals surface area contributed by atoms with E-state index in [9.17, 15) is 4.79 Å². The highest BCUT2D eigenvalue weighted by Crippen LogP contribution is 2.36. The van der Waals surface area contributed by atoms with E-state index in [4.69, 9.17) is 22.1 Å². The quantitative estimate of drug-likeness (QED) is 0.896. The third kappa shape index (κ3) is 3.87. The molecule has 0 radical (unpaired) electrons. The number of benzene rings is 1. The first-order valence-electron chi connectivity index (χ1n) is 5.14. The maximum absolute atomic E-state index is 11.5. The molecule has 0 saturated carbocycles. The van der Waals surface area contributed by atoms with Gasteiger partial charge in [-0.15, -0.1) is 0 Å². The molecule has 6 heteroatoms. The number of hydrogen-bond acceptors (Lipinski definition) is 3. The summed E-state index contributed by atoms with van der Waals surface area (Å²) in [4.78, 5) is 11.5. The molecule has 0 fully saturated rings. The molecule has 0 saturated heterocycles. The molecule has 1 amide bonds. The summed E-state index contributed by atoms with van der Waals surface area (Å²) in [6, 6.07) is 2.73. The molecule has 0 heterocycles. The standard InChI is InChI=1S/C11H14BrClN2O2/c1-3-17-10-8(12)4-7(13)5-9(10)15-11(16)6(2)14/h4-6H,3,14H2,1-2H3,(H,15,16). The first kappa shape index (κ1) is 14.3. The van der Waals surface area contributed by atoms with E-state index in [0.717, 1.165) is 0 Å². The Hall–Kier alpha value is -0.780. The predicted molar refractivity (Wildman–Crippen MR) is 72.6 cm³/mol. The van der Waals surface area contributed by atoms with Crippen molar-refractivity contribution >= 4 is 39.1 Å². The number of carbonyl (C=O) groups is 1. The van der Waals surface area contributed by atoms with Crippen molar-refractivity contribution in [3.05, 3.63) is 21.6 Å². The maximum Gasteiger partial charge on any atom is 0.241 e. The van der Waals surface area contributed by atoms with Crippen molar-refractivity contribution in [1.29, 1.82) is 0 Å². The summed E-state index contributed by atoms with van der Waals surface area (Å²) in [6.07, 6.45) is 0. The Morgan fingerprint density at radius 2 is 2.29 bits per heavy atom. The maximum atomic E-state index is 11.5. The van der Waals surface area contributed by atoms with Gasteiger partial charge in [0.1, 0.15) is 0 Å². The molecule has 0 bridgehead atoms. The van der Waals surface area contributed by atoms with Crippen LogP contribution in [0.4, 0.5) is 5.69 Å². The van der Waals surface area contributed by atoms with E-state index in [1.54, 1.807) is 19.1 Å². The fraction of sp³-hybridized carbons (Fsp3) is 0.364. The zero-order chi connectivity index (χ0) is 13.0. The molecule has 1 aromatic carbocycles. The molecule has 94 valence electrons. The molecule has 0 aliphatic rings. The minimum atomic E-state index is -0.595. The zero-order valence-electron chi connectivity index (χ0n) is 9.59. The van der Waals surface area contributed by atoms with Gasteiger partial charge in [0.05, 0.1) is 22.8 Å². The summed E-state index contributed by atoms with van der Waals surface area (Å²) in [5.74, 6) is 0.256. The second kappa shape index (κ2) is 6.23. The molecule has 0 aromatic heterocycles. The number of hydrogen-bond donors (Lipinski definition) is 2. The van der Waals surface area contributed by atoms with E-state index in [2.05, 4.69) is 21.2 Å². The van der Waals surface area contributed by atoms with Crippen LogP contribution in [-0.2, 0) is 4.79 Å². The summed E-state index contributed by atoms with van der Waals surface area (Å²) >= 11 is 9.25. The van der Waals surface area contributed by atoms with Crippen molar-refractivity contribution in [3.8, 4) is 5.75 Å². The molecule has 17 heavy (non-hydrogen) atoms. The molecular weight excluding hydrogens is 307 g/mol. The zero-order valence-corrected chi connectivity index (χ0v) is 11.9. The van der Waals surface area contributed by atoms with Gasteiger partial charge in [-0.25, -0.2) is 0 Å². The van der Waals surface area contributed by atoms with E-state index in [1.165, 1.54) is 0 Å². The number of halogens is 2. The number of nitrogens with one attached hydrogen (secondary N) is 1.